The van der Waals surface area contributed by atoms with Gasteiger partial charge in [-0.05, 0) is 48.1 Å². The van der Waals surface area contributed by atoms with Crippen molar-refractivity contribution in [2.75, 3.05) is 40.0 Å². The highest BCUT2D eigenvalue weighted by Crippen LogP contribution is 2.24. The Bertz CT molecular complexity index is 816. The summed E-state index contributed by atoms with van der Waals surface area (Å²) in [7, 11) is 1.66. The Morgan fingerprint density at radius 3 is 2.45 bits per heavy atom. The summed E-state index contributed by atoms with van der Waals surface area (Å²) in [4.78, 5) is 14.8. The second-order valence-corrected chi connectivity index (χ2v) is 8.66. The van der Waals surface area contributed by atoms with Gasteiger partial charge in [0.15, 0.2) is 0 Å². The lowest BCUT2D eigenvalue weighted by atomic mass is 9.97. The zero-order chi connectivity index (χ0) is 22.2. The molecule has 5 nitrogen and oxygen atoms in total. The van der Waals surface area contributed by atoms with Crippen molar-refractivity contribution in [2.24, 2.45) is 5.92 Å². The van der Waals surface area contributed by atoms with E-state index in [-0.39, 0.29) is 18.0 Å². The van der Waals surface area contributed by atoms with E-state index < -0.39 is 0 Å². The van der Waals surface area contributed by atoms with Crippen LogP contribution in [0, 0.1) is 5.92 Å². The van der Waals surface area contributed by atoms with Crippen molar-refractivity contribution in [3.63, 3.8) is 0 Å². The van der Waals surface area contributed by atoms with Gasteiger partial charge in [0.2, 0.25) is 0 Å². The summed E-state index contributed by atoms with van der Waals surface area (Å²) < 4.78 is 16.7. The first-order chi connectivity index (χ1) is 15.0. The maximum Gasteiger partial charge on any atom is 0.313 e. The molecule has 5 heteroatoms. The number of esters is 1. The van der Waals surface area contributed by atoms with Crippen molar-refractivity contribution in [2.45, 2.75) is 39.2 Å². The highest BCUT2D eigenvalue weighted by atomic mass is 16.5. The smallest absolute Gasteiger partial charge is 0.313 e. The molecule has 1 aliphatic heterocycles. The van der Waals surface area contributed by atoms with E-state index in [0.29, 0.717) is 25.7 Å². The fourth-order valence-electron chi connectivity index (χ4n) is 3.88. The molecule has 0 spiro atoms. The first-order valence-electron chi connectivity index (χ1n) is 11.2. The number of morpholine rings is 1. The fourth-order valence-corrected chi connectivity index (χ4v) is 3.88. The standard InChI is InChI=1S/C26H35NO4/c1-19(2)17-21-5-7-22(8-6-21)20(3)26(28)31-16-14-27-13-15-30-25(18-27)23-9-11-24(29-4)12-10-23/h5-12,19-20,25H,13-18H2,1-4H3. The molecule has 0 N–H and O–H groups in total. The molecule has 0 bridgehead atoms. The lowest BCUT2D eigenvalue weighted by Crippen LogP contribution is -2.40. The molecule has 2 atom stereocenters. The Labute approximate surface area is 186 Å². The number of hydrogen-bond acceptors (Lipinski definition) is 5. The highest BCUT2D eigenvalue weighted by molar-refractivity contribution is 5.77. The van der Waals surface area contributed by atoms with E-state index in [0.717, 1.165) is 36.4 Å². The molecule has 2 aromatic rings. The summed E-state index contributed by atoms with van der Waals surface area (Å²) in [5, 5.41) is 0. The van der Waals surface area contributed by atoms with Crippen LogP contribution in [0.1, 0.15) is 49.5 Å². The molecule has 0 aromatic heterocycles. The van der Waals surface area contributed by atoms with Crippen molar-refractivity contribution in [3.8, 4) is 5.75 Å². The largest absolute Gasteiger partial charge is 0.497 e. The van der Waals surface area contributed by atoms with Gasteiger partial charge in [0.05, 0.1) is 25.7 Å². The zero-order valence-electron chi connectivity index (χ0n) is 19.2. The third-order valence-electron chi connectivity index (χ3n) is 5.77. The van der Waals surface area contributed by atoms with E-state index in [1.807, 2.05) is 43.3 Å². The lowest BCUT2D eigenvalue weighted by Gasteiger charge is -2.33. The molecule has 1 aliphatic rings. The summed E-state index contributed by atoms with van der Waals surface area (Å²) in [6, 6.07) is 16.3. The molecule has 0 aliphatic carbocycles. The van der Waals surface area contributed by atoms with Crippen molar-refractivity contribution < 1.29 is 19.0 Å². The van der Waals surface area contributed by atoms with Crippen LogP contribution < -0.4 is 4.74 Å². The number of nitrogens with zero attached hydrogens (tertiary/aromatic N) is 1. The summed E-state index contributed by atoms with van der Waals surface area (Å²) in [6.45, 7) is 9.74. The molecule has 3 rings (SSSR count). The second-order valence-electron chi connectivity index (χ2n) is 8.66. The topological polar surface area (TPSA) is 48.0 Å². The average molecular weight is 426 g/mol. The molecule has 168 valence electrons. The minimum Gasteiger partial charge on any atom is -0.497 e. The average Bonchev–Trinajstić information content (AvgIpc) is 2.79. The summed E-state index contributed by atoms with van der Waals surface area (Å²) in [5.74, 6) is 1.03. The zero-order valence-corrected chi connectivity index (χ0v) is 19.2. The van der Waals surface area contributed by atoms with Gasteiger partial charge in [0.1, 0.15) is 12.4 Å². The van der Waals surface area contributed by atoms with E-state index in [1.165, 1.54) is 5.56 Å². The van der Waals surface area contributed by atoms with Crippen LogP contribution in [0.25, 0.3) is 0 Å². The van der Waals surface area contributed by atoms with Crippen LogP contribution in [0.5, 0.6) is 5.75 Å². The van der Waals surface area contributed by atoms with Crippen LogP contribution in [-0.2, 0) is 20.7 Å². The molecule has 2 unspecified atom stereocenters. The Morgan fingerprint density at radius 1 is 1.10 bits per heavy atom. The van der Waals surface area contributed by atoms with Gasteiger partial charge in [0, 0.05) is 19.6 Å². The van der Waals surface area contributed by atoms with E-state index in [2.05, 4.69) is 30.9 Å². The normalized spacial score (nSPS) is 18.0. The number of ether oxygens (including phenoxy) is 3. The molecular weight excluding hydrogens is 390 g/mol. The number of hydrogen-bond donors (Lipinski definition) is 0. The minimum absolute atomic E-state index is 0.0265. The third-order valence-corrected chi connectivity index (χ3v) is 5.77. The Morgan fingerprint density at radius 2 is 1.81 bits per heavy atom. The molecule has 31 heavy (non-hydrogen) atoms. The molecule has 0 saturated carbocycles. The molecule has 1 saturated heterocycles. The van der Waals surface area contributed by atoms with Gasteiger partial charge in [-0.25, -0.2) is 0 Å². The second kappa shape index (κ2) is 11.3. The van der Waals surface area contributed by atoms with Crippen molar-refractivity contribution in [1.29, 1.82) is 0 Å². The molecule has 0 radical (unpaired) electrons. The van der Waals surface area contributed by atoms with Gasteiger partial charge < -0.3 is 14.2 Å². The molecule has 1 heterocycles. The number of carbonyl (C=O) groups is 1. The van der Waals surface area contributed by atoms with Gasteiger partial charge in [-0.15, -0.1) is 0 Å². The summed E-state index contributed by atoms with van der Waals surface area (Å²) in [5.41, 5.74) is 3.44. The van der Waals surface area contributed by atoms with E-state index in [9.17, 15) is 4.79 Å². The Hall–Kier alpha value is -2.37. The summed E-state index contributed by atoms with van der Waals surface area (Å²) >= 11 is 0. The van der Waals surface area contributed by atoms with Crippen LogP contribution in [0.3, 0.4) is 0 Å². The summed E-state index contributed by atoms with van der Waals surface area (Å²) in [6.07, 6.45) is 1.08. The Balaban J connectivity index is 1.44. The first kappa shape index (κ1) is 23.3. The number of carbonyl (C=O) groups excluding carboxylic acids is 1. The number of benzene rings is 2. The predicted molar refractivity (Wildman–Crippen MR) is 122 cm³/mol. The monoisotopic (exact) mass is 425 g/mol. The van der Waals surface area contributed by atoms with Crippen molar-refractivity contribution in [3.05, 3.63) is 65.2 Å². The van der Waals surface area contributed by atoms with Crippen molar-refractivity contribution in [1.82, 2.24) is 4.90 Å². The molecular formula is C26H35NO4. The van der Waals surface area contributed by atoms with Crippen LogP contribution >= 0.6 is 0 Å². The first-order valence-corrected chi connectivity index (χ1v) is 11.2. The molecule has 1 fully saturated rings. The maximum absolute atomic E-state index is 12.5. The Kier molecular flexibility index (Phi) is 8.50. The van der Waals surface area contributed by atoms with Crippen LogP contribution in [0.15, 0.2) is 48.5 Å². The van der Waals surface area contributed by atoms with Gasteiger partial charge in [0.25, 0.3) is 0 Å². The quantitative estimate of drug-likeness (QED) is 0.549. The third kappa shape index (κ3) is 6.81. The molecule has 2 aromatic carbocycles. The highest BCUT2D eigenvalue weighted by Gasteiger charge is 2.23. The van der Waals surface area contributed by atoms with Crippen LogP contribution in [0.4, 0.5) is 0 Å². The van der Waals surface area contributed by atoms with Crippen LogP contribution in [-0.4, -0.2) is 50.8 Å². The fraction of sp³-hybridized carbons (Fsp3) is 0.500. The van der Waals surface area contributed by atoms with Crippen molar-refractivity contribution >= 4 is 5.97 Å². The number of methoxy groups -OCH3 is 1. The van der Waals surface area contributed by atoms with Crippen LogP contribution in [0.2, 0.25) is 0 Å². The van der Waals surface area contributed by atoms with E-state index >= 15 is 0 Å². The van der Waals surface area contributed by atoms with Gasteiger partial charge >= 0.3 is 5.97 Å². The van der Waals surface area contributed by atoms with Gasteiger partial charge in [-0.1, -0.05) is 50.2 Å². The minimum atomic E-state index is -0.259. The van der Waals surface area contributed by atoms with E-state index in [4.69, 9.17) is 14.2 Å². The predicted octanol–water partition coefficient (Wildman–Crippen LogP) is 4.61. The maximum atomic E-state index is 12.5. The van der Waals surface area contributed by atoms with E-state index in [1.54, 1.807) is 7.11 Å². The van der Waals surface area contributed by atoms with Gasteiger partial charge in [-0.3, -0.25) is 9.69 Å². The lowest BCUT2D eigenvalue weighted by molar-refractivity contribution is -0.146. The number of rotatable bonds is 9. The molecule has 0 amide bonds. The SMILES string of the molecule is COc1ccc(C2CN(CCOC(=O)C(C)c3ccc(CC(C)C)cc3)CCO2)cc1. The van der Waals surface area contributed by atoms with Gasteiger partial charge in [-0.2, -0.15) is 0 Å².